The number of rotatable bonds is 41. The molecule has 62 heteroatoms. The first kappa shape index (κ1) is 109. The number of carbonyl (C=O) groups is 6. The van der Waals surface area contributed by atoms with Crippen molar-refractivity contribution in [2.24, 2.45) is 0 Å². The summed E-state index contributed by atoms with van der Waals surface area (Å²) in [4.78, 5) is 76.8. The van der Waals surface area contributed by atoms with Gasteiger partial charge in [0.15, 0.2) is 44.0 Å². The van der Waals surface area contributed by atoms with E-state index in [1.807, 2.05) is 0 Å². The molecular weight excluding hydrogens is 1820 g/mol. The average molecular weight is 1930 g/mol. The monoisotopic (exact) mass is 1930 g/mol. The standard InChI is InChI=1S/C67H113N5O55S2/c1-17(81)68-22(7-73)50(37(89)24(87)8-74)119-62-46(98)55(39(91)26(10-76)112-62)123-59-34(70-19(3)83)43(95)51(30(14-80)116-59)120-63-47(99)56(40(92)27(11-77)113-63)124-60-35(71-20(4)84)44(96)52(31(117-60)15-110-128(104,105)106)121-64-48(100)57(41(93)28(12-78)114-64)125-61-36(72-21(5)85)45(97)53(32(118-61)16-111-129(107,108)109)122-65-49(101)58(42(94)29(13-79)115-65)127-67(66(102)103)6-23(86)33(69-18(2)82)54(126-67)38(90)25(88)9-75/h22-65,73-80,86-101H,6-16H2,1-5H3,(H,68,81)(H,69,82)(H,70,83)(H,71,84)(H,72,85)(H,102,103)(H,104,105,106)(H,107,108,109)/t22-,23-,24+,25+,26+,27+,28+,29+,30+,31+,32+,33+,34+,35+,36+,37-,38+,39-,40-,41-,42-,43+,44+,45+,46+,47+,48+,49+,50+,51+,52+,53+,54+,55-,56-,57-,58-,59-,60-,61-,62-,63-,64-,65-,67-/m0/s1. The summed E-state index contributed by atoms with van der Waals surface area (Å²) in [6, 6.07) is -9.94. The van der Waals surface area contributed by atoms with Gasteiger partial charge in [-0.05, 0) is 0 Å². The Labute approximate surface area is 729 Å². The normalized spacial score (nSPS) is 42.1. The van der Waals surface area contributed by atoms with E-state index in [1.165, 1.54) is 0 Å². The van der Waals surface area contributed by atoms with Crippen molar-refractivity contribution in [3.05, 3.63) is 0 Å². The minimum Gasteiger partial charge on any atom is -0.477 e. The number of hydrogen-bond donors (Lipinski definition) is 32. The summed E-state index contributed by atoms with van der Waals surface area (Å²) in [5.41, 5.74) is 0. The van der Waals surface area contributed by atoms with Crippen LogP contribution in [0, 0.1) is 0 Å². The van der Waals surface area contributed by atoms with E-state index in [0.717, 1.165) is 34.6 Å². The van der Waals surface area contributed by atoms with E-state index in [0.29, 0.717) is 0 Å². The summed E-state index contributed by atoms with van der Waals surface area (Å²) in [6.45, 7) is -8.47. The first-order valence-electron chi connectivity index (χ1n) is 39.5. The van der Waals surface area contributed by atoms with Gasteiger partial charge < -0.3 is 230 Å². The van der Waals surface area contributed by atoms with Gasteiger partial charge in [-0.3, -0.25) is 33.1 Å². The number of aliphatic carboxylic acids is 1. The van der Waals surface area contributed by atoms with Crippen molar-refractivity contribution < 1.29 is 267 Å². The number of ether oxygens (including phenoxy) is 16. The highest BCUT2D eigenvalue weighted by molar-refractivity contribution is 7.81. The lowest BCUT2D eigenvalue weighted by Gasteiger charge is -2.51. The van der Waals surface area contributed by atoms with Crippen LogP contribution in [0.5, 0.6) is 0 Å². The van der Waals surface area contributed by atoms with Crippen LogP contribution < -0.4 is 26.6 Å². The fraction of sp³-hybridized carbons (Fsp3) is 0.910. The molecule has 0 aromatic heterocycles. The summed E-state index contributed by atoms with van der Waals surface area (Å²) in [7, 11) is -11.3. The Hall–Kier alpha value is -5.04. The fourth-order valence-corrected chi connectivity index (χ4v) is 16.2. The molecule has 0 unspecified atom stereocenters. The van der Waals surface area contributed by atoms with Crippen LogP contribution in [0.2, 0.25) is 0 Å². The lowest BCUT2D eigenvalue weighted by Crippen LogP contribution is -2.71. The molecule has 60 nitrogen and oxygen atoms in total. The van der Waals surface area contributed by atoms with E-state index in [2.05, 4.69) is 35.0 Å². The third kappa shape index (κ3) is 26.6. The van der Waals surface area contributed by atoms with Crippen LogP contribution in [0.15, 0.2) is 0 Å². The molecule has 32 N–H and O–H groups in total. The molecule has 0 aromatic rings. The molecule has 45 atom stereocenters. The molecule has 8 aliphatic rings. The molecule has 8 rings (SSSR count). The molecule has 0 aliphatic carbocycles. The second kappa shape index (κ2) is 47.1. The SMILES string of the molecule is CC(=O)N[C@H]1[C@H](O[C@H]2[C@@H](O)[C@@H](CO)O[C@@H](O[C@@H]([C@@H](O)[C@H](O)CO)[C@H](CO)NC(C)=O)[C@@H]2O)O[C@H](CO)[C@@H](O[C@@H]2O[C@H](CO)[C@H](O)[C@H](O[C@@H]3O[C@H](COS(=O)(=O)O)[C@@H](O[C@@H]4O[C@H](CO)[C@H](O)[C@H](O[C@@H]5O[C@H](COS(=O)(=O)O)[C@@H](O[C@@H]6O[C@H](CO)[C@H](O)[C@H](O[C@]7(C(=O)O)C[C@H](O)[C@@H](NC(C)=O)[C@H]([C@H](O)[C@H](O)CO)O7)[C@H]6O)[C@H](O)[C@H]5NC(C)=O)[C@H]4O)[C@H](O)[C@H]3NC(C)=O)[C@H]2O)[C@@H]1O. The van der Waals surface area contributed by atoms with E-state index in [-0.39, 0.29) is 0 Å². The smallest absolute Gasteiger partial charge is 0.397 e. The minimum absolute atomic E-state index is 0.790. The van der Waals surface area contributed by atoms with Crippen molar-refractivity contribution >= 4 is 56.3 Å². The summed E-state index contributed by atoms with van der Waals surface area (Å²) < 4.78 is 171. The van der Waals surface area contributed by atoms with E-state index in [4.69, 9.17) is 75.8 Å². The van der Waals surface area contributed by atoms with E-state index >= 15 is 0 Å². The number of carboxylic acids is 1. The molecule has 0 radical (unpaired) electrons. The molecule has 0 bridgehead atoms. The molecule has 0 spiro atoms. The Morgan fingerprint density at radius 3 is 1.02 bits per heavy atom. The number of hydrogen-bond acceptors (Lipinski definition) is 52. The zero-order valence-electron chi connectivity index (χ0n) is 68.5. The molecule has 8 saturated heterocycles. The second-order valence-corrected chi connectivity index (χ2v) is 33.3. The van der Waals surface area contributed by atoms with Gasteiger partial charge in [-0.25, -0.2) is 13.2 Å². The predicted molar refractivity (Wildman–Crippen MR) is 395 cm³/mol. The van der Waals surface area contributed by atoms with Gasteiger partial charge in [-0.2, -0.15) is 16.8 Å². The van der Waals surface area contributed by atoms with Crippen LogP contribution in [-0.2, 0) is 134 Å². The van der Waals surface area contributed by atoms with Crippen LogP contribution in [0.25, 0.3) is 0 Å². The number of carbonyl (C=O) groups excluding carboxylic acids is 5. The Bertz CT molecular complexity index is 3850. The van der Waals surface area contributed by atoms with Gasteiger partial charge in [0.1, 0.15) is 207 Å². The first-order chi connectivity index (χ1) is 60.4. The topological polar surface area (TPSA) is 943 Å². The van der Waals surface area contributed by atoms with Crippen molar-refractivity contribution in [3.63, 3.8) is 0 Å². The van der Waals surface area contributed by atoms with Crippen molar-refractivity contribution in [2.75, 3.05) is 66.1 Å². The van der Waals surface area contributed by atoms with Gasteiger partial charge in [0.25, 0.3) is 5.79 Å². The maximum Gasteiger partial charge on any atom is 0.397 e. The zero-order valence-corrected chi connectivity index (χ0v) is 70.1. The van der Waals surface area contributed by atoms with Gasteiger partial charge in [-0.1, -0.05) is 0 Å². The largest absolute Gasteiger partial charge is 0.477 e. The Morgan fingerprint density at radius 2 is 0.690 bits per heavy atom. The molecule has 129 heavy (non-hydrogen) atoms. The Kier molecular flexibility index (Phi) is 39.9. The highest BCUT2D eigenvalue weighted by Crippen LogP contribution is 2.42. The summed E-state index contributed by atoms with van der Waals surface area (Å²) in [6.07, 6.45) is -91.6. The third-order valence-electron chi connectivity index (χ3n) is 21.8. The molecular formula is C67H113N5O55S2. The molecule has 8 aliphatic heterocycles. The van der Waals surface area contributed by atoms with Gasteiger partial charge in [0.05, 0.1) is 84.3 Å². The lowest BCUT2D eigenvalue weighted by atomic mass is 9.88. The van der Waals surface area contributed by atoms with Crippen LogP contribution in [0.3, 0.4) is 0 Å². The Morgan fingerprint density at radius 1 is 0.380 bits per heavy atom. The maximum atomic E-state index is 13.2. The van der Waals surface area contributed by atoms with E-state index in [1.54, 1.807) is 0 Å². The third-order valence-corrected chi connectivity index (χ3v) is 22.7. The van der Waals surface area contributed by atoms with Crippen LogP contribution in [0.4, 0.5) is 0 Å². The zero-order chi connectivity index (χ0) is 96.4. The van der Waals surface area contributed by atoms with Crippen molar-refractivity contribution in [1.29, 1.82) is 0 Å². The second-order valence-electron chi connectivity index (χ2n) is 31.1. The van der Waals surface area contributed by atoms with Crippen molar-refractivity contribution in [3.8, 4) is 0 Å². The molecule has 8 fully saturated rings. The van der Waals surface area contributed by atoms with Gasteiger partial charge in [0.2, 0.25) is 29.5 Å². The van der Waals surface area contributed by atoms with Crippen LogP contribution in [0.1, 0.15) is 41.0 Å². The summed E-state index contributed by atoms with van der Waals surface area (Å²) in [5.74, 6) is -10.6. The lowest BCUT2D eigenvalue weighted by molar-refractivity contribution is -0.391. The van der Waals surface area contributed by atoms with Gasteiger partial charge >= 0.3 is 26.8 Å². The molecule has 0 aromatic carbocycles. The molecule has 748 valence electrons. The minimum atomic E-state index is -5.65. The number of amides is 5. The fourth-order valence-electron chi connectivity index (χ4n) is 15.6. The van der Waals surface area contributed by atoms with Crippen molar-refractivity contribution in [2.45, 2.75) is 316 Å². The maximum absolute atomic E-state index is 13.2. The van der Waals surface area contributed by atoms with E-state index in [9.17, 15) is 182 Å². The number of aliphatic hydroxyl groups excluding tert-OH is 24. The predicted octanol–water partition coefficient (Wildman–Crippen LogP) is -21.4. The molecule has 0 saturated carbocycles. The summed E-state index contributed by atoms with van der Waals surface area (Å²) >= 11 is 0. The number of carboxylic acid groups (broad SMARTS) is 1. The average Bonchev–Trinajstić information content (AvgIpc) is 0.747. The molecule has 8 heterocycles. The quantitative estimate of drug-likeness (QED) is 0.0253. The number of aliphatic hydroxyl groups is 24. The first-order valence-corrected chi connectivity index (χ1v) is 42.2. The van der Waals surface area contributed by atoms with Gasteiger partial charge in [-0.15, -0.1) is 0 Å². The highest BCUT2D eigenvalue weighted by Gasteiger charge is 2.64. The Balaban J connectivity index is 1.05. The van der Waals surface area contributed by atoms with Crippen molar-refractivity contribution in [1.82, 2.24) is 26.6 Å². The van der Waals surface area contributed by atoms with Gasteiger partial charge in [0, 0.05) is 41.0 Å². The van der Waals surface area contributed by atoms with E-state index < -0.39 is 404 Å². The summed E-state index contributed by atoms with van der Waals surface area (Å²) in [5, 5.41) is 290. The highest BCUT2D eigenvalue weighted by atomic mass is 32.3. The van der Waals surface area contributed by atoms with Crippen LogP contribution >= 0.6 is 0 Å². The molecule has 5 amide bonds. The number of nitrogens with one attached hydrogen (secondary N) is 5. The van der Waals surface area contributed by atoms with Crippen LogP contribution in [-0.4, -0.2) is 531 Å².